The van der Waals surface area contributed by atoms with Crippen molar-refractivity contribution in [2.24, 2.45) is 0 Å². The Hall–Kier alpha value is -1.32. The Morgan fingerprint density at radius 2 is 1.85 bits per heavy atom. The first-order valence-electron chi connectivity index (χ1n) is 4.30. The average molecular weight is 182 g/mol. The highest BCUT2D eigenvalue weighted by Crippen LogP contribution is 2.04. The van der Waals surface area contributed by atoms with E-state index < -0.39 is 0 Å². The van der Waals surface area contributed by atoms with Crippen LogP contribution < -0.4 is 5.69 Å². The minimum Gasteiger partial charge on any atom is -0.296 e. The van der Waals surface area contributed by atoms with Gasteiger partial charge in [-0.15, -0.1) is 0 Å². The molecule has 0 N–H and O–H groups in total. The quantitative estimate of drug-likeness (QED) is 0.649. The highest BCUT2D eigenvalue weighted by Gasteiger charge is 2.14. The third-order valence-electron chi connectivity index (χ3n) is 2.32. The van der Waals surface area contributed by atoms with Crippen LogP contribution in [0.25, 0.3) is 0 Å². The van der Waals surface area contributed by atoms with Gasteiger partial charge in [0.25, 0.3) is 0 Å². The molecule has 0 saturated carbocycles. The standard InChI is InChI=1S/C9H14N2O2/c1-5-10-6(2)7(3)11(8(4)12)9(10)13/h5H2,1-4H3. The van der Waals surface area contributed by atoms with Gasteiger partial charge in [-0.25, -0.2) is 9.36 Å². The van der Waals surface area contributed by atoms with Crippen molar-refractivity contribution in [3.8, 4) is 0 Å². The minimum absolute atomic E-state index is 0.224. The van der Waals surface area contributed by atoms with Crippen molar-refractivity contribution in [2.75, 3.05) is 0 Å². The smallest absolute Gasteiger partial charge is 0.296 e. The van der Waals surface area contributed by atoms with Crippen LogP contribution in [0.4, 0.5) is 0 Å². The Morgan fingerprint density at radius 3 is 2.08 bits per heavy atom. The van der Waals surface area contributed by atoms with Crippen molar-refractivity contribution < 1.29 is 4.79 Å². The van der Waals surface area contributed by atoms with Gasteiger partial charge >= 0.3 is 5.69 Å². The van der Waals surface area contributed by atoms with Gasteiger partial charge in [0.05, 0.1) is 0 Å². The Kier molecular flexibility index (Phi) is 2.40. The molecular weight excluding hydrogens is 168 g/mol. The molecule has 0 saturated heterocycles. The maximum Gasteiger partial charge on any atom is 0.335 e. The van der Waals surface area contributed by atoms with Gasteiger partial charge in [-0.05, 0) is 20.8 Å². The zero-order valence-corrected chi connectivity index (χ0v) is 8.42. The summed E-state index contributed by atoms with van der Waals surface area (Å²) in [7, 11) is 0. The molecule has 1 rings (SSSR count). The fourth-order valence-electron chi connectivity index (χ4n) is 1.51. The normalized spacial score (nSPS) is 10.5. The van der Waals surface area contributed by atoms with Crippen LogP contribution in [0.1, 0.15) is 30.0 Å². The van der Waals surface area contributed by atoms with Crippen LogP contribution in [0, 0.1) is 13.8 Å². The molecule has 4 heteroatoms. The van der Waals surface area contributed by atoms with Crippen molar-refractivity contribution in [1.29, 1.82) is 0 Å². The van der Waals surface area contributed by atoms with Crippen molar-refractivity contribution >= 4 is 5.91 Å². The van der Waals surface area contributed by atoms with Crippen LogP contribution in [0.2, 0.25) is 0 Å². The third kappa shape index (κ3) is 1.32. The number of hydrogen-bond acceptors (Lipinski definition) is 2. The SMILES string of the molecule is CCn1c(C)c(C)n(C(C)=O)c1=O. The number of hydrogen-bond donors (Lipinski definition) is 0. The Balaban J connectivity index is 3.55. The van der Waals surface area contributed by atoms with E-state index in [1.54, 1.807) is 11.5 Å². The summed E-state index contributed by atoms with van der Waals surface area (Å²) in [6, 6.07) is 0. The lowest BCUT2D eigenvalue weighted by molar-refractivity contribution is 0.0929. The minimum atomic E-state index is -0.231. The summed E-state index contributed by atoms with van der Waals surface area (Å²) in [6.07, 6.45) is 0. The van der Waals surface area contributed by atoms with E-state index in [-0.39, 0.29) is 11.6 Å². The largest absolute Gasteiger partial charge is 0.335 e. The lowest BCUT2D eigenvalue weighted by Gasteiger charge is -1.96. The number of carbonyl (C=O) groups excluding carboxylic acids is 1. The summed E-state index contributed by atoms with van der Waals surface area (Å²) in [5.74, 6) is -0.224. The molecule has 0 amide bonds. The number of aromatic nitrogens is 2. The molecule has 0 aromatic carbocycles. The molecule has 4 nitrogen and oxygen atoms in total. The number of rotatable bonds is 1. The second-order valence-corrected chi connectivity index (χ2v) is 3.05. The number of carbonyl (C=O) groups is 1. The van der Waals surface area contributed by atoms with Crippen molar-refractivity contribution in [1.82, 2.24) is 9.13 Å². The van der Waals surface area contributed by atoms with E-state index in [0.717, 1.165) is 11.4 Å². The van der Waals surface area contributed by atoms with Crippen LogP contribution in [-0.4, -0.2) is 15.0 Å². The van der Waals surface area contributed by atoms with E-state index in [4.69, 9.17) is 0 Å². The molecule has 0 aliphatic heterocycles. The molecule has 1 aromatic rings. The number of nitrogens with zero attached hydrogens (tertiary/aromatic N) is 2. The van der Waals surface area contributed by atoms with E-state index in [1.165, 1.54) is 11.5 Å². The van der Waals surface area contributed by atoms with Gasteiger partial charge in [-0.1, -0.05) is 0 Å². The van der Waals surface area contributed by atoms with Gasteiger partial charge in [0.1, 0.15) is 0 Å². The molecular formula is C9H14N2O2. The van der Waals surface area contributed by atoms with Gasteiger partial charge in [0, 0.05) is 24.9 Å². The molecule has 72 valence electrons. The van der Waals surface area contributed by atoms with E-state index in [1.807, 2.05) is 13.8 Å². The predicted molar refractivity (Wildman–Crippen MR) is 50.1 cm³/mol. The van der Waals surface area contributed by atoms with Crippen LogP contribution in [0.15, 0.2) is 4.79 Å². The summed E-state index contributed by atoms with van der Waals surface area (Å²) >= 11 is 0. The second kappa shape index (κ2) is 3.20. The maximum absolute atomic E-state index is 11.6. The Morgan fingerprint density at radius 1 is 1.31 bits per heavy atom. The van der Waals surface area contributed by atoms with Gasteiger partial charge in [-0.3, -0.25) is 9.36 Å². The lowest BCUT2D eigenvalue weighted by atomic mass is 10.3. The zero-order valence-electron chi connectivity index (χ0n) is 8.42. The van der Waals surface area contributed by atoms with E-state index in [0.29, 0.717) is 6.54 Å². The first kappa shape index (κ1) is 9.77. The van der Waals surface area contributed by atoms with Crippen LogP contribution >= 0.6 is 0 Å². The number of imidazole rings is 1. The second-order valence-electron chi connectivity index (χ2n) is 3.05. The molecule has 0 unspecified atom stereocenters. The fourth-order valence-corrected chi connectivity index (χ4v) is 1.51. The molecule has 0 aliphatic carbocycles. The zero-order chi connectivity index (χ0) is 10.2. The van der Waals surface area contributed by atoms with E-state index in [9.17, 15) is 9.59 Å². The van der Waals surface area contributed by atoms with Crippen molar-refractivity contribution in [3.63, 3.8) is 0 Å². The Bertz CT molecular complexity index is 398. The molecule has 0 radical (unpaired) electrons. The van der Waals surface area contributed by atoms with Crippen molar-refractivity contribution in [2.45, 2.75) is 34.2 Å². The highest BCUT2D eigenvalue weighted by molar-refractivity contribution is 5.76. The van der Waals surface area contributed by atoms with Crippen molar-refractivity contribution in [3.05, 3.63) is 21.9 Å². The fraction of sp³-hybridized carbons (Fsp3) is 0.556. The summed E-state index contributed by atoms with van der Waals surface area (Å²) in [4.78, 5) is 22.7. The van der Waals surface area contributed by atoms with Gasteiger partial charge in [-0.2, -0.15) is 0 Å². The Labute approximate surface area is 76.8 Å². The summed E-state index contributed by atoms with van der Waals surface area (Å²) in [5.41, 5.74) is 1.37. The molecule has 0 fully saturated rings. The molecule has 1 heterocycles. The molecule has 1 aromatic heterocycles. The topological polar surface area (TPSA) is 44.0 Å². The summed E-state index contributed by atoms with van der Waals surface area (Å²) < 4.78 is 2.80. The molecule has 0 aliphatic rings. The maximum atomic E-state index is 11.6. The average Bonchev–Trinajstić information content (AvgIpc) is 2.24. The van der Waals surface area contributed by atoms with Crippen LogP contribution in [0.5, 0.6) is 0 Å². The summed E-state index contributed by atoms with van der Waals surface area (Å²) in [6.45, 7) is 7.52. The first-order chi connectivity index (χ1) is 6.00. The van der Waals surface area contributed by atoms with Gasteiger partial charge in [0.2, 0.25) is 5.91 Å². The molecule has 0 bridgehead atoms. The van der Waals surface area contributed by atoms with Crippen LogP contribution in [-0.2, 0) is 6.54 Å². The molecule has 0 atom stereocenters. The van der Waals surface area contributed by atoms with E-state index >= 15 is 0 Å². The first-order valence-corrected chi connectivity index (χ1v) is 4.30. The molecule has 0 spiro atoms. The lowest BCUT2D eigenvalue weighted by Crippen LogP contribution is -2.27. The molecule has 13 heavy (non-hydrogen) atoms. The highest BCUT2D eigenvalue weighted by atomic mass is 16.2. The predicted octanol–water partition coefficient (Wildman–Crippen LogP) is 0.947. The third-order valence-corrected chi connectivity index (χ3v) is 2.32. The van der Waals surface area contributed by atoms with Gasteiger partial charge in [0.15, 0.2) is 0 Å². The van der Waals surface area contributed by atoms with Gasteiger partial charge < -0.3 is 0 Å². The van der Waals surface area contributed by atoms with E-state index in [2.05, 4.69) is 0 Å². The van der Waals surface area contributed by atoms with Crippen LogP contribution in [0.3, 0.4) is 0 Å². The monoisotopic (exact) mass is 182 g/mol. The summed E-state index contributed by atoms with van der Waals surface area (Å²) in [5, 5.41) is 0.